The first-order valence-corrected chi connectivity index (χ1v) is 9.03. The Kier molecular flexibility index (Phi) is 9.66. The summed E-state index contributed by atoms with van der Waals surface area (Å²) in [5, 5.41) is 6.02. The molecule has 166 valence electrons. The standard InChI is InChI=1S/C20H25F3N4O2.HI/c1-13-8-9-17(29-13)14(2)26-19(25-12-18(28)27(3)4)24-11-15-6-5-7-16(10-15)20(21,22)23;/h5-10,14H,11-12H2,1-4H3,(H2,24,25,26);1H. The highest BCUT2D eigenvalue weighted by molar-refractivity contribution is 14.0. The minimum atomic E-state index is -4.41. The number of aryl methyl sites for hydroxylation is 1. The fourth-order valence-electron chi connectivity index (χ4n) is 2.45. The zero-order valence-corrected chi connectivity index (χ0v) is 19.5. The van der Waals surface area contributed by atoms with E-state index in [1.54, 1.807) is 20.2 Å². The number of furan rings is 1. The molecule has 0 saturated heterocycles. The van der Waals surface area contributed by atoms with Crippen LogP contribution in [0.5, 0.6) is 0 Å². The Morgan fingerprint density at radius 2 is 1.93 bits per heavy atom. The van der Waals surface area contributed by atoms with Crippen LogP contribution in [-0.2, 0) is 17.5 Å². The van der Waals surface area contributed by atoms with Crippen molar-refractivity contribution in [1.82, 2.24) is 15.5 Å². The van der Waals surface area contributed by atoms with E-state index in [1.807, 2.05) is 26.0 Å². The van der Waals surface area contributed by atoms with Crippen LogP contribution in [0, 0.1) is 6.92 Å². The summed E-state index contributed by atoms with van der Waals surface area (Å²) >= 11 is 0. The van der Waals surface area contributed by atoms with E-state index in [4.69, 9.17) is 4.42 Å². The van der Waals surface area contributed by atoms with E-state index in [0.717, 1.165) is 17.9 Å². The summed E-state index contributed by atoms with van der Waals surface area (Å²) in [6.07, 6.45) is -4.41. The number of aliphatic imine (C=N–C) groups is 1. The third-order valence-electron chi connectivity index (χ3n) is 4.12. The quantitative estimate of drug-likeness (QED) is 0.330. The third kappa shape index (κ3) is 7.88. The van der Waals surface area contributed by atoms with Gasteiger partial charge < -0.3 is 20.0 Å². The van der Waals surface area contributed by atoms with Gasteiger partial charge in [0.15, 0.2) is 5.96 Å². The molecule has 6 nitrogen and oxygen atoms in total. The van der Waals surface area contributed by atoms with Crippen molar-refractivity contribution in [2.45, 2.75) is 32.6 Å². The summed E-state index contributed by atoms with van der Waals surface area (Å²) in [4.78, 5) is 17.6. The number of hydrogen-bond donors (Lipinski definition) is 2. The molecule has 0 aliphatic carbocycles. The van der Waals surface area contributed by atoms with Crippen molar-refractivity contribution in [2.75, 3.05) is 20.6 Å². The molecule has 30 heavy (non-hydrogen) atoms. The molecule has 0 aliphatic heterocycles. The third-order valence-corrected chi connectivity index (χ3v) is 4.12. The van der Waals surface area contributed by atoms with Crippen molar-refractivity contribution in [3.8, 4) is 0 Å². The monoisotopic (exact) mass is 538 g/mol. The molecule has 0 fully saturated rings. The van der Waals surface area contributed by atoms with Gasteiger partial charge >= 0.3 is 6.18 Å². The average molecular weight is 538 g/mol. The summed E-state index contributed by atoms with van der Waals surface area (Å²) in [6.45, 7) is 3.69. The van der Waals surface area contributed by atoms with Gasteiger partial charge in [-0.15, -0.1) is 24.0 Å². The topological polar surface area (TPSA) is 69.9 Å². The molecule has 0 aliphatic rings. The van der Waals surface area contributed by atoms with Crippen LogP contribution in [0.15, 0.2) is 45.8 Å². The lowest BCUT2D eigenvalue weighted by molar-refractivity contribution is -0.137. The Morgan fingerprint density at radius 3 is 2.50 bits per heavy atom. The highest BCUT2D eigenvalue weighted by Crippen LogP contribution is 2.29. The predicted octanol–water partition coefficient (Wildman–Crippen LogP) is 4.11. The normalized spacial score (nSPS) is 12.7. The first-order chi connectivity index (χ1) is 13.6. The van der Waals surface area contributed by atoms with E-state index in [0.29, 0.717) is 17.3 Å². The molecule has 0 radical (unpaired) electrons. The number of halogens is 4. The van der Waals surface area contributed by atoms with Crippen molar-refractivity contribution >= 4 is 35.8 Å². The van der Waals surface area contributed by atoms with Crippen LogP contribution in [0.1, 0.15) is 35.6 Å². The van der Waals surface area contributed by atoms with Gasteiger partial charge in [-0.25, -0.2) is 4.99 Å². The van der Waals surface area contributed by atoms with Crippen LogP contribution in [0.4, 0.5) is 13.2 Å². The van der Waals surface area contributed by atoms with Crippen molar-refractivity contribution in [3.63, 3.8) is 0 Å². The largest absolute Gasteiger partial charge is 0.464 e. The number of likely N-dealkylation sites (N-methyl/N-ethyl adjacent to an activating group) is 1. The van der Waals surface area contributed by atoms with Gasteiger partial charge in [-0.1, -0.05) is 12.1 Å². The minimum Gasteiger partial charge on any atom is -0.464 e. The van der Waals surface area contributed by atoms with Gasteiger partial charge in [-0.3, -0.25) is 4.79 Å². The molecule has 0 saturated carbocycles. The smallest absolute Gasteiger partial charge is 0.416 e. The lowest BCUT2D eigenvalue weighted by Crippen LogP contribution is -2.43. The van der Waals surface area contributed by atoms with Gasteiger partial charge in [-0.05, 0) is 43.7 Å². The van der Waals surface area contributed by atoms with Crippen LogP contribution < -0.4 is 10.6 Å². The fourth-order valence-corrected chi connectivity index (χ4v) is 2.45. The fraction of sp³-hybridized carbons (Fsp3) is 0.400. The van der Waals surface area contributed by atoms with Crippen LogP contribution >= 0.6 is 24.0 Å². The minimum absolute atomic E-state index is 0. The molecule has 2 aromatic rings. The lowest BCUT2D eigenvalue weighted by Gasteiger charge is -2.18. The number of alkyl halides is 3. The Bertz CT molecular complexity index is 866. The van der Waals surface area contributed by atoms with Gasteiger partial charge in [0.05, 0.1) is 24.7 Å². The van der Waals surface area contributed by atoms with Crippen LogP contribution in [0.3, 0.4) is 0 Å². The first-order valence-electron chi connectivity index (χ1n) is 9.03. The number of amides is 1. The van der Waals surface area contributed by atoms with E-state index in [1.165, 1.54) is 11.0 Å². The summed E-state index contributed by atoms with van der Waals surface area (Å²) in [5.41, 5.74) is -0.323. The number of carbonyl (C=O) groups excluding carboxylic acids is 1. The maximum atomic E-state index is 12.9. The second-order valence-corrected chi connectivity index (χ2v) is 6.82. The molecule has 1 heterocycles. The zero-order chi connectivity index (χ0) is 21.6. The van der Waals surface area contributed by atoms with Gasteiger partial charge in [0.2, 0.25) is 5.91 Å². The summed E-state index contributed by atoms with van der Waals surface area (Å²) in [5.74, 6) is 1.56. The number of carbonyl (C=O) groups is 1. The van der Waals surface area contributed by atoms with Crippen molar-refractivity contribution in [1.29, 1.82) is 0 Å². The predicted molar refractivity (Wildman–Crippen MR) is 120 cm³/mol. The number of nitrogens with zero attached hydrogens (tertiary/aromatic N) is 2. The average Bonchev–Trinajstić information content (AvgIpc) is 3.09. The molecular formula is C20H26F3IN4O2. The van der Waals surface area contributed by atoms with Gasteiger partial charge in [0.1, 0.15) is 11.5 Å². The van der Waals surface area contributed by atoms with Gasteiger partial charge in [0.25, 0.3) is 0 Å². The Morgan fingerprint density at radius 1 is 1.23 bits per heavy atom. The van der Waals surface area contributed by atoms with Gasteiger partial charge in [-0.2, -0.15) is 13.2 Å². The molecule has 1 amide bonds. The summed E-state index contributed by atoms with van der Waals surface area (Å²) < 4.78 is 44.3. The molecule has 1 atom stereocenters. The Hall–Kier alpha value is -2.24. The highest BCUT2D eigenvalue weighted by atomic mass is 127. The van der Waals surface area contributed by atoms with Crippen molar-refractivity contribution in [2.24, 2.45) is 4.99 Å². The van der Waals surface area contributed by atoms with E-state index < -0.39 is 11.7 Å². The van der Waals surface area contributed by atoms with E-state index in [9.17, 15) is 18.0 Å². The highest BCUT2D eigenvalue weighted by Gasteiger charge is 2.30. The van der Waals surface area contributed by atoms with Crippen molar-refractivity contribution in [3.05, 3.63) is 59.0 Å². The van der Waals surface area contributed by atoms with E-state index in [2.05, 4.69) is 15.6 Å². The second-order valence-electron chi connectivity index (χ2n) is 6.82. The molecule has 0 bridgehead atoms. The van der Waals surface area contributed by atoms with Crippen LogP contribution in [0.2, 0.25) is 0 Å². The lowest BCUT2D eigenvalue weighted by atomic mass is 10.1. The number of hydrogen-bond acceptors (Lipinski definition) is 3. The Labute approximate surface area is 190 Å². The molecule has 10 heteroatoms. The molecular weight excluding hydrogens is 512 g/mol. The summed E-state index contributed by atoms with van der Waals surface area (Å²) in [7, 11) is 3.26. The molecule has 2 N–H and O–H groups in total. The number of benzene rings is 1. The van der Waals surface area contributed by atoms with E-state index in [-0.39, 0.29) is 49.0 Å². The van der Waals surface area contributed by atoms with Crippen molar-refractivity contribution < 1.29 is 22.4 Å². The van der Waals surface area contributed by atoms with E-state index >= 15 is 0 Å². The molecule has 1 aromatic heterocycles. The summed E-state index contributed by atoms with van der Waals surface area (Å²) in [6, 6.07) is 8.38. The first kappa shape index (κ1) is 25.8. The molecule has 2 rings (SSSR count). The second kappa shape index (κ2) is 11.2. The van der Waals surface area contributed by atoms with Gasteiger partial charge in [0, 0.05) is 14.1 Å². The number of nitrogens with one attached hydrogen (secondary N) is 2. The SMILES string of the molecule is Cc1ccc(C(C)NC(=NCc2cccc(C(F)(F)F)c2)NCC(=O)N(C)C)o1.I. The number of rotatable bonds is 6. The maximum absolute atomic E-state index is 12.9. The maximum Gasteiger partial charge on any atom is 0.416 e. The number of guanidine groups is 1. The van der Waals surface area contributed by atoms with Crippen LogP contribution in [-0.4, -0.2) is 37.4 Å². The molecule has 0 spiro atoms. The van der Waals surface area contributed by atoms with Crippen LogP contribution in [0.25, 0.3) is 0 Å². The Balaban J connectivity index is 0.00000450. The molecule has 1 unspecified atom stereocenters. The zero-order valence-electron chi connectivity index (χ0n) is 17.2. The molecule has 1 aromatic carbocycles.